The van der Waals surface area contributed by atoms with Crippen molar-refractivity contribution in [1.82, 2.24) is 24.4 Å². The monoisotopic (exact) mass is 592 g/mol. The number of carbonyl (C=O) groups excluding carboxylic acids is 1. The topological polar surface area (TPSA) is 114 Å². The van der Waals surface area contributed by atoms with Crippen molar-refractivity contribution in [1.29, 1.82) is 0 Å². The number of nitrogens with zero attached hydrogens (tertiary/aromatic N) is 5. The first-order chi connectivity index (χ1) is 18.5. The summed E-state index contributed by atoms with van der Waals surface area (Å²) in [6.45, 7) is 1.26. The SMILES string of the molecule is Cl.Cl.N[C@H]1CC[C@H](Nc2nc(NC3CCN(C(=O)c4ccc(F)cc4)CC3)c3ncn(C4CCCC4)c3n2)CC1. The summed E-state index contributed by atoms with van der Waals surface area (Å²) in [7, 11) is 0. The van der Waals surface area contributed by atoms with Gasteiger partial charge in [0, 0.05) is 42.8 Å². The van der Waals surface area contributed by atoms with Crippen molar-refractivity contribution in [2.24, 2.45) is 5.73 Å². The number of amides is 1. The van der Waals surface area contributed by atoms with Crippen LogP contribution in [0.3, 0.4) is 0 Å². The Hall–Kier alpha value is -2.69. The van der Waals surface area contributed by atoms with Crippen LogP contribution >= 0.6 is 24.8 Å². The number of piperidine rings is 1. The van der Waals surface area contributed by atoms with Crippen molar-refractivity contribution in [2.75, 3.05) is 23.7 Å². The van der Waals surface area contributed by atoms with E-state index >= 15 is 0 Å². The quantitative estimate of drug-likeness (QED) is 0.355. The smallest absolute Gasteiger partial charge is 0.253 e. The Kier molecular flexibility index (Phi) is 10.1. The van der Waals surface area contributed by atoms with Gasteiger partial charge in [-0.1, -0.05) is 12.8 Å². The first-order valence-electron chi connectivity index (χ1n) is 14.1. The molecular formula is C28H39Cl2FN8O. The van der Waals surface area contributed by atoms with Gasteiger partial charge >= 0.3 is 0 Å². The fraction of sp³-hybridized carbons (Fsp3) is 0.571. The zero-order valence-corrected chi connectivity index (χ0v) is 24.2. The molecule has 2 aromatic heterocycles. The zero-order valence-electron chi connectivity index (χ0n) is 22.6. The molecule has 3 fully saturated rings. The van der Waals surface area contributed by atoms with Gasteiger partial charge in [0.25, 0.3) is 5.91 Å². The second-order valence-electron chi connectivity index (χ2n) is 11.1. The average Bonchev–Trinajstić information content (AvgIpc) is 3.61. The molecule has 0 radical (unpaired) electrons. The molecule has 0 spiro atoms. The number of hydrogen-bond acceptors (Lipinski definition) is 7. The molecule has 3 aliphatic rings. The average molecular weight is 594 g/mol. The largest absolute Gasteiger partial charge is 0.365 e. The molecule has 4 N–H and O–H groups in total. The summed E-state index contributed by atoms with van der Waals surface area (Å²) in [5, 5.41) is 7.23. The predicted molar refractivity (Wildman–Crippen MR) is 160 cm³/mol. The minimum absolute atomic E-state index is 0. The molecule has 0 bridgehead atoms. The van der Waals surface area contributed by atoms with Gasteiger partial charge in [-0.25, -0.2) is 9.37 Å². The van der Waals surface area contributed by atoms with Gasteiger partial charge in [-0.15, -0.1) is 24.8 Å². The molecule has 1 aliphatic heterocycles. The Morgan fingerprint density at radius 1 is 0.875 bits per heavy atom. The maximum Gasteiger partial charge on any atom is 0.253 e. The first-order valence-corrected chi connectivity index (χ1v) is 14.1. The molecule has 1 amide bonds. The van der Waals surface area contributed by atoms with Crippen LogP contribution in [-0.4, -0.2) is 61.5 Å². The van der Waals surface area contributed by atoms with E-state index in [0.29, 0.717) is 42.7 Å². The first kappa shape index (κ1) is 30.3. The molecule has 1 saturated heterocycles. The van der Waals surface area contributed by atoms with Crippen LogP contribution in [-0.2, 0) is 0 Å². The van der Waals surface area contributed by atoms with E-state index in [-0.39, 0.29) is 42.6 Å². The number of nitrogens with two attached hydrogens (primary N) is 1. The van der Waals surface area contributed by atoms with Crippen LogP contribution in [0.15, 0.2) is 30.6 Å². The van der Waals surface area contributed by atoms with Gasteiger partial charge in [0.2, 0.25) is 5.95 Å². The molecule has 0 unspecified atom stereocenters. The molecule has 2 aliphatic carbocycles. The highest BCUT2D eigenvalue weighted by molar-refractivity contribution is 5.94. The van der Waals surface area contributed by atoms with Gasteiger partial charge in [0.1, 0.15) is 5.82 Å². The highest BCUT2D eigenvalue weighted by Crippen LogP contribution is 2.34. The summed E-state index contributed by atoms with van der Waals surface area (Å²) >= 11 is 0. The van der Waals surface area contributed by atoms with E-state index in [1.807, 2.05) is 11.2 Å². The third kappa shape index (κ3) is 6.61. The van der Waals surface area contributed by atoms with E-state index in [0.717, 1.165) is 68.3 Å². The molecular weight excluding hydrogens is 554 g/mol. The molecule has 40 heavy (non-hydrogen) atoms. The third-order valence-electron chi connectivity index (χ3n) is 8.46. The lowest BCUT2D eigenvalue weighted by atomic mass is 9.92. The lowest BCUT2D eigenvalue weighted by Crippen LogP contribution is -2.42. The molecule has 3 aromatic rings. The van der Waals surface area contributed by atoms with Gasteiger partial charge in [0.05, 0.1) is 6.33 Å². The molecule has 218 valence electrons. The Bertz CT molecular complexity index is 1270. The van der Waals surface area contributed by atoms with Crippen molar-refractivity contribution < 1.29 is 9.18 Å². The number of halogens is 3. The number of hydrogen-bond donors (Lipinski definition) is 3. The second kappa shape index (κ2) is 13.3. The number of nitrogens with one attached hydrogen (secondary N) is 2. The fourth-order valence-corrected chi connectivity index (χ4v) is 6.17. The summed E-state index contributed by atoms with van der Waals surface area (Å²) in [6, 6.07) is 6.98. The summed E-state index contributed by atoms with van der Waals surface area (Å²) in [6.07, 6.45) is 12.4. The minimum Gasteiger partial charge on any atom is -0.365 e. The maximum atomic E-state index is 13.3. The van der Waals surface area contributed by atoms with Gasteiger partial charge in [-0.2, -0.15) is 9.97 Å². The second-order valence-corrected chi connectivity index (χ2v) is 11.1. The van der Waals surface area contributed by atoms with Crippen LogP contribution in [0.1, 0.15) is 80.6 Å². The van der Waals surface area contributed by atoms with Crippen LogP contribution in [0.25, 0.3) is 11.2 Å². The summed E-state index contributed by atoms with van der Waals surface area (Å²) in [5.41, 5.74) is 8.32. The number of benzene rings is 1. The van der Waals surface area contributed by atoms with Crippen molar-refractivity contribution in [2.45, 2.75) is 88.4 Å². The fourth-order valence-electron chi connectivity index (χ4n) is 6.17. The van der Waals surface area contributed by atoms with E-state index in [1.54, 1.807) is 12.1 Å². The summed E-state index contributed by atoms with van der Waals surface area (Å²) < 4.78 is 15.5. The van der Waals surface area contributed by atoms with Crippen molar-refractivity contribution in [3.05, 3.63) is 42.0 Å². The van der Waals surface area contributed by atoms with Crippen molar-refractivity contribution >= 4 is 53.7 Å². The molecule has 9 nitrogen and oxygen atoms in total. The number of rotatable bonds is 6. The van der Waals surface area contributed by atoms with E-state index < -0.39 is 0 Å². The maximum absolute atomic E-state index is 13.3. The summed E-state index contributed by atoms with van der Waals surface area (Å²) in [5.74, 6) is 1.01. The highest BCUT2D eigenvalue weighted by Gasteiger charge is 2.27. The van der Waals surface area contributed by atoms with Gasteiger partial charge < -0.3 is 25.8 Å². The Labute approximate surface area is 246 Å². The molecule has 0 atom stereocenters. The van der Waals surface area contributed by atoms with Crippen molar-refractivity contribution in [3.63, 3.8) is 0 Å². The third-order valence-corrected chi connectivity index (χ3v) is 8.46. The van der Waals surface area contributed by atoms with Crippen LogP contribution in [0.2, 0.25) is 0 Å². The lowest BCUT2D eigenvalue weighted by Gasteiger charge is -2.33. The standard InChI is InChI=1S/C28H37FN8O.2ClH/c29-19-7-5-18(6-8-19)27(38)36-15-13-22(14-16-36)32-25-24-26(37(17-31-24)23-3-1-2-4-23)35-28(34-25)33-21-11-9-20(30)10-12-21;;/h5-8,17,20-23H,1-4,9-16,30H2,(H2,32,33,34,35);2*1H/t20-,21-;;. The van der Waals surface area contributed by atoms with Gasteiger partial charge in [-0.3, -0.25) is 4.79 Å². The number of carbonyl (C=O) groups is 1. The van der Waals surface area contributed by atoms with E-state index in [1.165, 1.54) is 25.0 Å². The predicted octanol–water partition coefficient (Wildman–Crippen LogP) is 5.32. The summed E-state index contributed by atoms with van der Waals surface area (Å²) in [4.78, 5) is 29.3. The van der Waals surface area contributed by atoms with Crippen LogP contribution in [0.4, 0.5) is 16.2 Å². The van der Waals surface area contributed by atoms with Gasteiger partial charge in [-0.05, 0) is 75.6 Å². The number of aromatic nitrogens is 4. The number of anilines is 2. The molecule has 3 heterocycles. The van der Waals surface area contributed by atoms with E-state index in [4.69, 9.17) is 20.7 Å². The zero-order chi connectivity index (χ0) is 26.1. The normalized spacial score (nSPS) is 22.0. The lowest BCUT2D eigenvalue weighted by molar-refractivity contribution is 0.0718. The Morgan fingerprint density at radius 2 is 1.52 bits per heavy atom. The Morgan fingerprint density at radius 3 is 2.20 bits per heavy atom. The Balaban J connectivity index is 0.00000185. The molecule has 2 saturated carbocycles. The van der Waals surface area contributed by atoms with E-state index in [9.17, 15) is 9.18 Å². The number of imidazole rings is 1. The van der Waals surface area contributed by atoms with Crippen molar-refractivity contribution in [3.8, 4) is 0 Å². The van der Waals surface area contributed by atoms with Crippen LogP contribution in [0.5, 0.6) is 0 Å². The molecule has 1 aromatic carbocycles. The molecule has 6 rings (SSSR count). The molecule has 12 heteroatoms. The van der Waals surface area contributed by atoms with Crippen LogP contribution < -0.4 is 16.4 Å². The van der Waals surface area contributed by atoms with Gasteiger partial charge in [0.15, 0.2) is 17.0 Å². The number of likely N-dealkylation sites (tertiary alicyclic amines) is 1. The van der Waals surface area contributed by atoms with E-state index in [2.05, 4.69) is 15.2 Å². The minimum atomic E-state index is -0.336. The van der Waals surface area contributed by atoms with Crippen LogP contribution in [0, 0.1) is 5.82 Å². The highest BCUT2D eigenvalue weighted by atomic mass is 35.5. The number of fused-ring (bicyclic) bond motifs is 1.